The normalized spacial score (nSPS) is 12.2. The lowest BCUT2D eigenvalue weighted by molar-refractivity contribution is 0.466. The number of thiophene rings is 1. The van der Waals surface area contributed by atoms with Gasteiger partial charge in [-0.15, -0.1) is 0 Å². The Morgan fingerprint density at radius 3 is 2.80 bits per heavy atom. The van der Waals surface area contributed by atoms with Crippen molar-refractivity contribution < 1.29 is 8.42 Å². The first-order valence-corrected chi connectivity index (χ1v) is 7.26. The summed E-state index contributed by atoms with van der Waals surface area (Å²) < 4.78 is 24.8. The Morgan fingerprint density at radius 1 is 1.53 bits per heavy atom. The van der Waals surface area contributed by atoms with Gasteiger partial charge in [-0.1, -0.05) is 0 Å². The highest BCUT2D eigenvalue weighted by atomic mass is 32.2. The molecule has 0 unspecified atom stereocenters. The van der Waals surface area contributed by atoms with E-state index in [0.717, 1.165) is 5.56 Å². The minimum absolute atomic E-state index is 0.129. The summed E-state index contributed by atoms with van der Waals surface area (Å²) in [5, 5.41) is 3.89. The fraction of sp³-hybridized carbons (Fsp3) is 0.556. The second kappa shape index (κ2) is 5.60. The Morgan fingerprint density at radius 2 is 2.27 bits per heavy atom. The minimum Gasteiger partial charge on any atom is -0.330 e. The van der Waals surface area contributed by atoms with Gasteiger partial charge in [0.05, 0.1) is 5.75 Å². The molecule has 0 saturated heterocycles. The van der Waals surface area contributed by atoms with Crippen molar-refractivity contribution in [3.63, 3.8) is 0 Å². The van der Waals surface area contributed by atoms with Crippen molar-refractivity contribution in [1.29, 1.82) is 0 Å². The molecule has 0 radical (unpaired) electrons. The number of nitrogens with two attached hydrogens (primary N) is 1. The Kier molecular flexibility index (Phi) is 4.72. The van der Waals surface area contributed by atoms with Crippen molar-refractivity contribution in [2.24, 2.45) is 5.73 Å². The monoisotopic (exact) mass is 248 g/mol. The maximum Gasteiger partial charge on any atom is 0.214 e. The van der Waals surface area contributed by atoms with Crippen LogP contribution < -0.4 is 5.73 Å². The summed E-state index contributed by atoms with van der Waals surface area (Å²) in [6, 6.07) is 1.93. The van der Waals surface area contributed by atoms with Gasteiger partial charge in [-0.3, -0.25) is 0 Å². The molecule has 0 aliphatic rings. The molecular formula is C9H16N2O2S2. The average Bonchev–Trinajstić information content (AvgIpc) is 2.67. The summed E-state index contributed by atoms with van der Waals surface area (Å²) in [4.78, 5) is 0. The second-order valence-electron chi connectivity index (χ2n) is 3.35. The molecule has 4 nitrogen and oxygen atoms in total. The van der Waals surface area contributed by atoms with E-state index in [-0.39, 0.29) is 5.75 Å². The number of nitrogens with zero attached hydrogens (tertiary/aromatic N) is 1. The van der Waals surface area contributed by atoms with Crippen molar-refractivity contribution in [2.75, 3.05) is 19.3 Å². The zero-order valence-corrected chi connectivity index (χ0v) is 10.4. The van der Waals surface area contributed by atoms with Crippen LogP contribution in [0.15, 0.2) is 16.8 Å². The standard InChI is InChI=1S/C9H16N2O2S2/c1-11(7-9-3-5-14-8-9)15(12,13)6-2-4-10/h3,5,8H,2,4,6-7,10H2,1H3. The first kappa shape index (κ1) is 12.6. The molecule has 0 spiro atoms. The fourth-order valence-electron chi connectivity index (χ4n) is 1.16. The van der Waals surface area contributed by atoms with E-state index in [2.05, 4.69) is 0 Å². The van der Waals surface area contributed by atoms with Crippen LogP contribution in [-0.4, -0.2) is 32.1 Å². The van der Waals surface area contributed by atoms with E-state index >= 15 is 0 Å². The summed E-state index contributed by atoms with van der Waals surface area (Å²) in [6.07, 6.45) is 0.510. The van der Waals surface area contributed by atoms with E-state index < -0.39 is 10.0 Å². The lowest BCUT2D eigenvalue weighted by Gasteiger charge is -2.15. The van der Waals surface area contributed by atoms with Gasteiger partial charge in [-0.2, -0.15) is 11.3 Å². The molecule has 6 heteroatoms. The molecule has 86 valence electrons. The van der Waals surface area contributed by atoms with E-state index in [1.54, 1.807) is 18.4 Å². The molecule has 1 aromatic heterocycles. The molecule has 2 N–H and O–H groups in total. The molecule has 0 amide bonds. The molecule has 0 aliphatic carbocycles. The Labute approximate surface area is 94.8 Å². The maximum absolute atomic E-state index is 11.7. The van der Waals surface area contributed by atoms with Gasteiger partial charge in [0.1, 0.15) is 0 Å². The first-order chi connectivity index (χ1) is 7.06. The van der Waals surface area contributed by atoms with Crippen LogP contribution in [0.2, 0.25) is 0 Å². The minimum atomic E-state index is -3.14. The number of hydrogen-bond donors (Lipinski definition) is 1. The van der Waals surface area contributed by atoms with Gasteiger partial charge < -0.3 is 5.73 Å². The fourth-order valence-corrected chi connectivity index (χ4v) is 3.01. The summed E-state index contributed by atoms with van der Waals surface area (Å²) in [6.45, 7) is 0.849. The van der Waals surface area contributed by atoms with Crippen molar-refractivity contribution in [2.45, 2.75) is 13.0 Å². The zero-order valence-electron chi connectivity index (χ0n) is 8.72. The van der Waals surface area contributed by atoms with Crippen molar-refractivity contribution in [3.05, 3.63) is 22.4 Å². The SMILES string of the molecule is CN(Cc1ccsc1)S(=O)(=O)CCCN. The highest BCUT2D eigenvalue weighted by molar-refractivity contribution is 7.89. The molecule has 0 fully saturated rings. The van der Waals surface area contributed by atoms with E-state index in [9.17, 15) is 8.42 Å². The quantitative estimate of drug-likeness (QED) is 0.812. The maximum atomic E-state index is 11.7. The molecule has 0 atom stereocenters. The van der Waals surface area contributed by atoms with Crippen molar-refractivity contribution >= 4 is 21.4 Å². The molecule has 1 aromatic rings. The predicted molar refractivity (Wildman–Crippen MR) is 63.2 cm³/mol. The van der Waals surface area contributed by atoms with Crippen LogP contribution in [0.1, 0.15) is 12.0 Å². The van der Waals surface area contributed by atoms with Crippen molar-refractivity contribution in [1.82, 2.24) is 4.31 Å². The van der Waals surface area contributed by atoms with E-state index in [4.69, 9.17) is 5.73 Å². The molecule has 1 heterocycles. The Hall–Kier alpha value is -0.430. The predicted octanol–water partition coefficient (Wildman–Crippen LogP) is 0.859. The summed E-state index contributed by atoms with van der Waals surface area (Å²) in [5.41, 5.74) is 6.32. The van der Waals surface area contributed by atoms with Gasteiger partial charge in [-0.25, -0.2) is 12.7 Å². The largest absolute Gasteiger partial charge is 0.330 e. The first-order valence-electron chi connectivity index (χ1n) is 4.71. The van der Waals surface area contributed by atoms with Crippen LogP contribution in [0.25, 0.3) is 0 Å². The lowest BCUT2D eigenvalue weighted by Crippen LogP contribution is -2.29. The van der Waals surface area contributed by atoms with Gasteiger partial charge >= 0.3 is 0 Å². The molecule has 15 heavy (non-hydrogen) atoms. The van der Waals surface area contributed by atoms with Crippen LogP contribution in [0.4, 0.5) is 0 Å². The van der Waals surface area contributed by atoms with Gasteiger partial charge in [-0.05, 0) is 35.4 Å². The average molecular weight is 248 g/mol. The van der Waals surface area contributed by atoms with Crippen LogP contribution in [0.3, 0.4) is 0 Å². The highest BCUT2D eigenvalue weighted by Crippen LogP contribution is 2.11. The van der Waals surface area contributed by atoms with Gasteiger partial charge in [0.15, 0.2) is 0 Å². The van der Waals surface area contributed by atoms with E-state index in [1.807, 2.05) is 16.8 Å². The van der Waals surface area contributed by atoms with Gasteiger partial charge in [0.2, 0.25) is 10.0 Å². The van der Waals surface area contributed by atoms with Crippen molar-refractivity contribution in [3.8, 4) is 0 Å². The van der Waals surface area contributed by atoms with Crippen LogP contribution in [-0.2, 0) is 16.6 Å². The number of rotatable bonds is 6. The van der Waals surface area contributed by atoms with Gasteiger partial charge in [0, 0.05) is 13.6 Å². The second-order valence-corrected chi connectivity index (χ2v) is 6.32. The molecule has 0 aromatic carbocycles. The third-order valence-electron chi connectivity index (χ3n) is 2.07. The molecule has 0 bridgehead atoms. The van der Waals surface area contributed by atoms with Gasteiger partial charge in [0.25, 0.3) is 0 Å². The summed E-state index contributed by atoms with van der Waals surface area (Å²) in [5.74, 6) is 0.129. The van der Waals surface area contributed by atoms with Crippen LogP contribution in [0, 0.1) is 0 Å². The number of hydrogen-bond acceptors (Lipinski definition) is 4. The molecule has 1 rings (SSSR count). The Balaban J connectivity index is 2.56. The molecule has 0 saturated carbocycles. The number of sulfonamides is 1. The van der Waals surface area contributed by atoms with E-state index in [1.165, 1.54) is 4.31 Å². The third kappa shape index (κ3) is 3.90. The smallest absolute Gasteiger partial charge is 0.214 e. The topological polar surface area (TPSA) is 63.4 Å². The zero-order chi connectivity index (χ0) is 11.3. The summed E-state index contributed by atoms with van der Waals surface area (Å²) in [7, 11) is -1.54. The van der Waals surface area contributed by atoms with E-state index in [0.29, 0.717) is 19.5 Å². The molecule has 0 aliphatic heterocycles. The third-order valence-corrected chi connectivity index (χ3v) is 4.68. The lowest BCUT2D eigenvalue weighted by atomic mass is 10.3. The Bertz CT molecular complexity index is 373. The van der Waals surface area contributed by atoms with Crippen LogP contribution in [0.5, 0.6) is 0 Å². The van der Waals surface area contributed by atoms with Crippen LogP contribution >= 0.6 is 11.3 Å². The summed E-state index contributed by atoms with van der Waals surface area (Å²) >= 11 is 1.57. The highest BCUT2D eigenvalue weighted by Gasteiger charge is 2.17. The molecular weight excluding hydrogens is 232 g/mol.